The molecule has 102 valence electrons. The Morgan fingerprint density at radius 3 is 2.79 bits per heavy atom. The van der Waals surface area contributed by atoms with Crippen LogP contribution in [0.1, 0.15) is 30.7 Å². The number of aryl methyl sites for hydroxylation is 1. The molecule has 0 spiro atoms. The lowest BCUT2D eigenvalue weighted by molar-refractivity contribution is 0.202. The van der Waals surface area contributed by atoms with Crippen molar-refractivity contribution >= 4 is 11.6 Å². The lowest BCUT2D eigenvalue weighted by atomic mass is 10.1. The molecule has 1 aromatic heterocycles. The Labute approximate surface area is 114 Å². The molecule has 0 fully saturated rings. The summed E-state index contributed by atoms with van der Waals surface area (Å²) in [5.74, 6) is -1.51. The topological polar surface area (TPSA) is 38.0 Å². The van der Waals surface area contributed by atoms with Gasteiger partial charge in [-0.1, -0.05) is 24.6 Å². The summed E-state index contributed by atoms with van der Waals surface area (Å²) in [5.41, 5.74) is 0.287. The van der Waals surface area contributed by atoms with Crippen molar-refractivity contribution in [2.75, 3.05) is 0 Å². The fourth-order valence-corrected chi connectivity index (χ4v) is 2.15. The van der Waals surface area contributed by atoms with Crippen molar-refractivity contribution < 1.29 is 13.9 Å². The Hall–Kier alpha value is -1.46. The third-order valence-electron chi connectivity index (χ3n) is 2.78. The molecule has 2 aromatic rings. The number of nitrogens with zero attached hydrogens (tertiary/aromatic N) is 2. The van der Waals surface area contributed by atoms with E-state index in [4.69, 9.17) is 11.6 Å². The predicted octanol–water partition coefficient (Wildman–Crippen LogP) is 3.31. The lowest BCUT2D eigenvalue weighted by Gasteiger charge is -2.15. The van der Waals surface area contributed by atoms with Crippen LogP contribution in [0.25, 0.3) is 0 Å². The van der Waals surface area contributed by atoms with Crippen molar-refractivity contribution in [2.24, 2.45) is 0 Å². The van der Waals surface area contributed by atoms with E-state index in [1.807, 2.05) is 6.92 Å². The third kappa shape index (κ3) is 2.77. The molecule has 1 heterocycles. The SMILES string of the molecule is CCCn1ncc(Cl)c1C(O)c1ccc(F)cc1F. The second kappa shape index (κ2) is 5.67. The Kier molecular flexibility index (Phi) is 4.17. The first-order valence-electron chi connectivity index (χ1n) is 5.88. The Balaban J connectivity index is 2.43. The molecular weight excluding hydrogens is 274 g/mol. The van der Waals surface area contributed by atoms with Gasteiger partial charge >= 0.3 is 0 Å². The standard InChI is InChI=1S/C13H13ClF2N2O/c1-2-5-18-12(10(14)7-17-18)13(19)9-4-3-8(15)6-11(9)16/h3-4,6-7,13,19H,2,5H2,1H3. The van der Waals surface area contributed by atoms with Crippen LogP contribution in [0.3, 0.4) is 0 Å². The summed E-state index contributed by atoms with van der Waals surface area (Å²) in [5, 5.41) is 14.5. The van der Waals surface area contributed by atoms with Gasteiger partial charge in [-0.3, -0.25) is 4.68 Å². The van der Waals surface area contributed by atoms with Crippen LogP contribution in [-0.2, 0) is 6.54 Å². The minimum atomic E-state index is -1.28. The summed E-state index contributed by atoms with van der Waals surface area (Å²) in [6, 6.07) is 3.03. The van der Waals surface area contributed by atoms with Gasteiger partial charge in [-0.2, -0.15) is 5.10 Å². The molecule has 1 atom stereocenters. The van der Waals surface area contributed by atoms with Crippen LogP contribution in [0, 0.1) is 11.6 Å². The lowest BCUT2D eigenvalue weighted by Crippen LogP contribution is -2.12. The van der Waals surface area contributed by atoms with Gasteiger partial charge in [0.25, 0.3) is 0 Å². The highest BCUT2D eigenvalue weighted by molar-refractivity contribution is 6.31. The molecule has 19 heavy (non-hydrogen) atoms. The molecule has 1 unspecified atom stereocenters. The van der Waals surface area contributed by atoms with Gasteiger partial charge in [0, 0.05) is 18.2 Å². The number of rotatable bonds is 4. The molecule has 0 aliphatic heterocycles. The van der Waals surface area contributed by atoms with Gasteiger partial charge in [0.1, 0.15) is 17.7 Å². The molecule has 0 saturated carbocycles. The number of benzene rings is 1. The second-order valence-corrected chi connectivity index (χ2v) is 4.58. The van der Waals surface area contributed by atoms with Crippen molar-refractivity contribution in [3.63, 3.8) is 0 Å². The van der Waals surface area contributed by atoms with Crippen molar-refractivity contribution in [3.05, 3.63) is 52.3 Å². The van der Waals surface area contributed by atoms with E-state index in [2.05, 4.69) is 5.10 Å². The van der Waals surface area contributed by atoms with Crippen LogP contribution in [0.15, 0.2) is 24.4 Å². The van der Waals surface area contributed by atoms with Crippen LogP contribution < -0.4 is 0 Å². The summed E-state index contributed by atoms with van der Waals surface area (Å²) in [4.78, 5) is 0. The molecular formula is C13H13ClF2N2O. The smallest absolute Gasteiger partial charge is 0.132 e. The van der Waals surface area contributed by atoms with E-state index in [0.29, 0.717) is 12.2 Å². The molecule has 0 amide bonds. The second-order valence-electron chi connectivity index (χ2n) is 4.17. The summed E-state index contributed by atoms with van der Waals surface area (Å²) in [6.07, 6.45) is 0.919. The minimum Gasteiger partial charge on any atom is -0.382 e. The normalized spacial score (nSPS) is 12.7. The van der Waals surface area contributed by atoms with E-state index in [1.165, 1.54) is 16.9 Å². The fraction of sp³-hybridized carbons (Fsp3) is 0.308. The molecule has 3 nitrogen and oxygen atoms in total. The summed E-state index contributed by atoms with van der Waals surface area (Å²) >= 11 is 5.97. The van der Waals surface area contributed by atoms with Gasteiger partial charge in [-0.15, -0.1) is 0 Å². The highest BCUT2D eigenvalue weighted by atomic mass is 35.5. The van der Waals surface area contributed by atoms with E-state index >= 15 is 0 Å². The molecule has 2 rings (SSSR count). The highest BCUT2D eigenvalue weighted by Gasteiger charge is 2.22. The summed E-state index contributed by atoms with van der Waals surface area (Å²) in [6.45, 7) is 2.51. The van der Waals surface area contributed by atoms with Crippen molar-refractivity contribution in [1.82, 2.24) is 9.78 Å². The minimum absolute atomic E-state index is 0.0267. The zero-order chi connectivity index (χ0) is 14.0. The fourth-order valence-electron chi connectivity index (χ4n) is 1.90. The number of aromatic nitrogens is 2. The molecule has 1 N–H and O–H groups in total. The Morgan fingerprint density at radius 1 is 1.42 bits per heavy atom. The number of halogens is 3. The first-order chi connectivity index (χ1) is 9.04. The van der Waals surface area contributed by atoms with Gasteiger partial charge < -0.3 is 5.11 Å². The molecule has 0 aliphatic carbocycles. The van der Waals surface area contributed by atoms with Crippen LogP contribution in [0.4, 0.5) is 8.78 Å². The highest BCUT2D eigenvalue weighted by Crippen LogP contribution is 2.30. The van der Waals surface area contributed by atoms with Crippen LogP contribution in [0.5, 0.6) is 0 Å². The maximum absolute atomic E-state index is 13.7. The van der Waals surface area contributed by atoms with Crippen LogP contribution >= 0.6 is 11.6 Å². The molecule has 0 aliphatic rings. The van der Waals surface area contributed by atoms with Crippen LogP contribution in [-0.4, -0.2) is 14.9 Å². The third-order valence-corrected chi connectivity index (χ3v) is 3.08. The molecule has 1 aromatic carbocycles. The average Bonchev–Trinajstić information content (AvgIpc) is 2.70. The summed E-state index contributed by atoms with van der Waals surface area (Å²) < 4.78 is 28.1. The average molecular weight is 287 g/mol. The van der Waals surface area contributed by atoms with Gasteiger partial charge in [-0.05, 0) is 12.5 Å². The molecule has 6 heteroatoms. The number of aliphatic hydroxyl groups excluding tert-OH is 1. The largest absolute Gasteiger partial charge is 0.382 e. The van der Waals surface area contributed by atoms with Gasteiger partial charge in [-0.25, -0.2) is 8.78 Å². The van der Waals surface area contributed by atoms with Gasteiger partial charge in [0.05, 0.1) is 16.9 Å². The zero-order valence-corrected chi connectivity index (χ0v) is 11.0. The van der Waals surface area contributed by atoms with E-state index in [-0.39, 0.29) is 10.6 Å². The maximum Gasteiger partial charge on any atom is 0.132 e. The van der Waals surface area contributed by atoms with Crippen molar-refractivity contribution in [2.45, 2.75) is 26.0 Å². The molecule has 0 radical (unpaired) electrons. The monoisotopic (exact) mass is 286 g/mol. The van der Waals surface area contributed by atoms with E-state index in [0.717, 1.165) is 18.6 Å². The zero-order valence-electron chi connectivity index (χ0n) is 10.3. The van der Waals surface area contributed by atoms with Crippen molar-refractivity contribution in [3.8, 4) is 0 Å². The Bertz CT molecular complexity index is 586. The van der Waals surface area contributed by atoms with Gasteiger partial charge in [0.15, 0.2) is 0 Å². The van der Waals surface area contributed by atoms with Crippen LogP contribution in [0.2, 0.25) is 5.02 Å². The molecule has 0 bridgehead atoms. The maximum atomic E-state index is 13.7. The quantitative estimate of drug-likeness (QED) is 0.936. The number of hydrogen-bond donors (Lipinski definition) is 1. The van der Waals surface area contributed by atoms with Crippen molar-refractivity contribution in [1.29, 1.82) is 0 Å². The number of hydrogen-bond acceptors (Lipinski definition) is 2. The predicted molar refractivity (Wildman–Crippen MR) is 67.9 cm³/mol. The van der Waals surface area contributed by atoms with E-state index in [1.54, 1.807) is 0 Å². The molecule has 0 saturated heterocycles. The first kappa shape index (κ1) is 14.0. The Morgan fingerprint density at radius 2 is 2.16 bits per heavy atom. The first-order valence-corrected chi connectivity index (χ1v) is 6.26. The van der Waals surface area contributed by atoms with E-state index in [9.17, 15) is 13.9 Å². The number of aliphatic hydroxyl groups is 1. The van der Waals surface area contributed by atoms with Gasteiger partial charge in [0.2, 0.25) is 0 Å². The van der Waals surface area contributed by atoms with E-state index < -0.39 is 17.7 Å². The summed E-state index contributed by atoms with van der Waals surface area (Å²) in [7, 11) is 0.